The smallest absolute Gasteiger partial charge is 0.210 e. The van der Waals surface area contributed by atoms with Gasteiger partial charge in [-0.15, -0.1) is 0 Å². The zero-order valence-corrected chi connectivity index (χ0v) is 12.2. The van der Waals surface area contributed by atoms with E-state index in [1.54, 1.807) is 0 Å². The lowest BCUT2D eigenvalue weighted by Gasteiger charge is -2.26. The van der Waals surface area contributed by atoms with Crippen molar-refractivity contribution in [2.45, 2.75) is 6.54 Å². The molecule has 2 heteroatoms. The van der Waals surface area contributed by atoms with Crippen molar-refractivity contribution in [1.29, 1.82) is 0 Å². The van der Waals surface area contributed by atoms with Gasteiger partial charge < -0.3 is 4.90 Å². The standard InChI is InChI=1S/C20H16N2/c1-21-19-14-8-9-15-20(19)22(18-12-6-3-7-13-18)16-17-10-4-2-5-11-17/h2-15H,16H2. The Morgan fingerprint density at radius 1 is 0.727 bits per heavy atom. The first kappa shape index (κ1) is 13.9. The molecule has 0 fully saturated rings. The Kier molecular flexibility index (Phi) is 4.17. The molecule has 0 N–H and O–H groups in total. The summed E-state index contributed by atoms with van der Waals surface area (Å²) in [4.78, 5) is 5.85. The van der Waals surface area contributed by atoms with Gasteiger partial charge in [-0.3, -0.25) is 0 Å². The Morgan fingerprint density at radius 2 is 1.32 bits per heavy atom. The molecular formula is C20H16N2. The van der Waals surface area contributed by atoms with Gasteiger partial charge in [-0.1, -0.05) is 66.7 Å². The third kappa shape index (κ3) is 2.99. The Balaban J connectivity index is 2.06. The molecule has 2 nitrogen and oxygen atoms in total. The summed E-state index contributed by atoms with van der Waals surface area (Å²) in [6.07, 6.45) is 0. The first-order valence-electron chi connectivity index (χ1n) is 7.21. The Morgan fingerprint density at radius 3 is 2.00 bits per heavy atom. The van der Waals surface area contributed by atoms with E-state index in [2.05, 4.69) is 34.0 Å². The lowest BCUT2D eigenvalue weighted by atomic mass is 10.1. The second kappa shape index (κ2) is 6.60. The van der Waals surface area contributed by atoms with E-state index in [1.165, 1.54) is 5.56 Å². The van der Waals surface area contributed by atoms with Crippen LogP contribution in [0.5, 0.6) is 0 Å². The van der Waals surface area contributed by atoms with Crippen LogP contribution < -0.4 is 4.90 Å². The van der Waals surface area contributed by atoms with E-state index in [9.17, 15) is 0 Å². The fraction of sp³-hybridized carbons (Fsp3) is 0.0500. The van der Waals surface area contributed by atoms with Gasteiger partial charge in [0.15, 0.2) is 0 Å². The van der Waals surface area contributed by atoms with Gasteiger partial charge in [0.25, 0.3) is 0 Å². The number of hydrogen-bond donors (Lipinski definition) is 0. The minimum Gasteiger partial charge on any atom is -0.347 e. The van der Waals surface area contributed by atoms with Crippen LogP contribution in [0.2, 0.25) is 0 Å². The normalized spacial score (nSPS) is 9.95. The summed E-state index contributed by atoms with van der Waals surface area (Å²) in [5, 5.41) is 0. The Hall–Kier alpha value is -3.05. The molecule has 0 heterocycles. The number of benzene rings is 3. The van der Waals surface area contributed by atoms with Crippen LogP contribution in [-0.4, -0.2) is 0 Å². The number of anilines is 2. The first-order chi connectivity index (χ1) is 10.9. The minimum absolute atomic E-state index is 0.669. The largest absolute Gasteiger partial charge is 0.347 e. The van der Waals surface area contributed by atoms with Gasteiger partial charge in [-0.2, -0.15) is 0 Å². The average molecular weight is 284 g/mol. The molecule has 3 rings (SSSR count). The van der Waals surface area contributed by atoms with Gasteiger partial charge in [0, 0.05) is 17.9 Å². The van der Waals surface area contributed by atoms with Crippen molar-refractivity contribution in [1.82, 2.24) is 0 Å². The highest BCUT2D eigenvalue weighted by Gasteiger charge is 2.13. The van der Waals surface area contributed by atoms with Crippen LogP contribution in [0.4, 0.5) is 17.1 Å². The molecule has 0 aliphatic rings. The highest BCUT2D eigenvalue weighted by atomic mass is 15.1. The van der Waals surface area contributed by atoms with E-state index in [-0.39, 0.29) is 0 Å². The zero-order chi connectivity index (χ0) is 15.2. The monoisotopic (exact) mass is 284 g/mol. The van der Waals surface area contributed by atoms with Crippen LogP contribution in [0.1, 0.15) is 5.56 Å². The van der Waals surface area contributed by atoms with Crippen molar-refractivity contribution < 1.29 is 0 Å². The van der Waals surface area contributed by atoms with E-state index in [4.69, 9.17) is 6.57 Å². The predicted molar refractivity (Wildman–Crippen MR) is 91.4 cm³/mol. The molecule has 0 amide bonds. The molecule has 106 valence electrons. The molecular weight excluding hydrogens is 268 g/mol. The Bertz CT molecular complexity index is 774. The second-order valence-electron chi connectivity index (χ2n) is 5.01. The molecule has 3 aromatic rings. The predicted octanol–water partition coefficient (Wildman–Crippen LogP) is 5.58. The highest BCUT2D eigenvalue weighted by molar-refractivity contribution is 5.77. The van der Waals surface area contributed by atoms with Gasteiger partial charge in [0.1, 0.15) is 0 Å². The fourth-order valence-electron chi connectivity index (χ4n) is 2.48. The maximum absolute atomic E-state index is 7.42. The van der Waals surface area contributed by atoms with E-state index in [0.717, 1.165) is 17.9 Å². The number of rotatable bonds is 4. The third-order valence-corrected chi connectivity index (χ3v) is 3.54. The van der Waals surface area contributed by atoms with Crippen molar-refractivity contribution in [3.05, 3.63) is 102 Å². The molecule has 0 unspecified atom stereocenters. The van der Waals surface area contributed by atoms with Crippen LogP contribution in [0.15, 0.2) is 84.9 Å². The van der Waals surface area contributed by atoms with E-state index >= 15 is 0 Å². The lowest BCUT2D eigenvalue weighted by Crippen LogP contribution is -2.16. The fourth-order valence-corrected chi connectivity index (χ4v) is 2.48. The van der Waals surface area contributed by atoms with Crippen molar-refractivity contribution in [2.75, 3.05) is 4.90 Å². The molecule has 0 aliphatic carbocycles. The maximum atomic E-state index is 7.42. The molecule has 22 heavy (non-hydrogen) atoms. The number of para-hydroxylation sites is 3. The van der Waals surface area contributed by atoms with E-state index < -0.39 is 0 Å². The van der Waals surface area contributed by atoms with Crippen molar-refractivity contribution >= 4 is 17.1 Å². The van der Waals surface area contributed by atoms with Crippen LogP contribution in [0, 0.1) is 6.57 Å². The molecule has 0 saturated heterocycles. The van der Waals surface area contributed by atoms with Crippen LogP contribution in [0.25, 0.3) is 4.85 Å². The summed E-state index contributed by atoms with van der Waals surface area (Å²) in [6, 6.07) is 28.3. The summed E-state index contributed by atoms with van der Waals surface area (Å²) in [5.41, 5.74) is 3.91. The summed E-state index contributed by atoms with van der Waals surface area (Å²) < 4.78 is 0. The minimum atomic E-state index is 0.669. The molecule has 0 radical (unpaired) electrons. The maximum Gasteiger partial charge on any atom is 0.210 e. The van der Waals surface area contributed by atoms with E-state index in [1.807, 2.05) is 60.7 Å². The van der Waals surface area contributed by atoms with Crippen LogP contribution in [-0.2, 0) is 6.54 Å². The average Bonchev–Trinajstić information content (AvgIpc) is 2.61. The quantitative estimate of drug-likeness (QED) is 0.568. The number of nitrogens with zero attached hydrogens (tertiary/aromatic N) is 2. The van der Waals surface area contributed by atoms with Gasteiger partial charge in [0.05, 0.1) is 6.57 Å². The third-order valence-electron chi connectivity index (χ3n) is 3.54. The molecule has 0 bridgehead atoms. The van der Waals surface area contributed by atoms with Crippen LogP contribution in [0.3, 0.4) is 0 Å². The molecule has 0 aliphatic heterocycles. The molecule has 0 aromatic heterocycles. The summed E-state index contributed by atoms with van der Waals surface area (Å²) in [6.45, 7) is 8.15. The van der Waals surface area contributed by atoms with Gasteiger partial charge >= 0.3 is 0 Å². The number of hydrogen-bond acceptors (Lipinski definition) is 1. The summed E-state index contributed by atoms with van der Waals surface area (Å²) in [5.74, 6) is 0. The lowest BCUT2D eigenvalue weighted by molar-refractivity contribution is 0.978. The molecule has 0 atom stereocenters. The Labute approximate surface area is 131 Å². The molecule has 0 saturated carbocycles. The van der Waals surface area contributed by atoms with Gasteiger partial charge in [0.2, 0.25) is 5.69 Å². The highest BCUT2D eigenvalue weighted by Crippen LogP contribution is 2.35. The summed E-state index contributed by atoms with van der Waals surface area (Å²) in [7, 11) is 0. The van der Waals surface area contributed by atoms with Crippen LogP contribution >= 0.6 is 0 Å². The first-order valence-corrected chi connectivity index (χ1v) is 7.21. The zero-order valence-electron chi connectivity index (χ0n) is 12.2. The topological polar surface area (TPSA) is 7.60 Å². The van der Waals surface area contributed by atoms with E-state index in [0.29, 0.717) is 5.69 Å². The molecule has 3 aromatic carbocycles. The van der Waals surface area contributed by atoms with Crippen molar-refractivity contribution in [3.8, 4) is 0 Å². The SMILES string of the molecule is [C-]#[N+]c1ccccc1N(Cc1ccccc1)c1ccccc1. The van der Waals surface area contributed by atoms with Gasteiger partial charge in [-0.25, -0.2) is 4.85 Å². The van der Waals surface area contributed by atoms with Crippen molar-refractivity contribution in [2.24, 2.45) is 0 Å². The molecule has 0 spiro atoms. The summed E-state index contributed by atoms with van der Waals surface area (Å²) >= 11 is 0. The van der Waals surface area contributed by atoms with Gasteiger partial charge in [-0.05, 0) is 23.8 Å². The second-order valence-corrected chi connectivity index (χ2v) is 5.01. The van der Waals surface area contributed by atoms with Crippen molar-refractivity contribution in [3.63, 3.8) is 0 Å².